The van der Waals surface area contributed by atoms with Gasteiger partial charge in [0.1, 0.15) is 12.1 Å². The highest BCUT2D eigenvalue weighted by atomic mass is 16.5. The fraction of sp³-hybridized carbons (Fsp3) is 0.600. The molecule has 90 valence electrons. The van der Waals surface area contributed by atoms with Gasteiger partial charge in [0.2, 0.25) is 5.88 Å². The van der Waals surface area contributed by atoms with Gasteiger partial charge in [0.05, 0.1) is 13.7 Å². The quantitative estimate of drug-likeness (QED) is 0.619. The maximum atomic E-state index is 5.29. The number of ether oxygens (including phenoxy) is 2. The summed E-state index contributed by atoms with van der Waals surface area (Å²) in [4.78, 5) is 7.97. The maximum Gasteiger partial charge on any atom is 0.218 e. The molecule has 1 heterocycles. The highest BCUT2D eigenvalue weighted by Crippen LogP contribution is 2.09. The van der Waals surface area contributed by atoms with E-state index in [-0.39, 0.29) is 0 Å². The smallest absolute Gasteiger partial charge is 0.218 e. The molecule has 0 amide bonds. The molecule has 0 fully saturated rings. The second kappa shape index (κ2) is 7.84. The topological polar surface area (TPSA) is 82.3 Å². The van der Waals surface area contributed by atoms with Gasteiger partial charge in [0, 0.05) is 25.8 Å². The highest BCUT2D eigenvalue weighted by Gasteiger charge is 1.97. The van der Waals surface area contributed by atoms with E-state index in [1.54, 1.807) is 13.2 Å². The van der Waals surface area contributed by atoms with E-state index in [1.807, 2.05) is 0 Å². The fourth-order valence-corrected chi connectivity index (χ4v) is 1.12. The van der Waals surface area contributed by atoms with E-state index in [0.29, 0.717) is 25.6 Å². The maximum absolute atomic E-state index is 5.29. The van der Waals surface area contributed by atoms with E-state index in [0.717, 1.165) is 18.8 Å². The summed E-state index contributed by atoms with van der Waals surface area (Å²) in [5, 5.41) is 3.15. The summed E-state index contributed by atoms with van der Waals surface area (Å²) >= 11 is 0. The Hall–Kier alpha value is -1.40. The molecular formula is C10H18N4O2. The number of anilines is 1. The van der Waals surface area contributed by atoms with Crippen molar-refractivity contribution in [1.29, 1.82) is 0 Å². The number of hydrogen-bond donors (Lipinski definition) is 2. The average molecular weight is 226 g/mol. The second-order valence-corrected chi connectivity index (χ2v) is 3.13. The largest absolute Gasteiger partial charge is 0.481 e. The predicted molar refractivity (Wildman–Crippen MR) is 61.6 cm³/mol. The van der Waals surface area contributed by atoms with Gasteiger partial charge >= 0.3 is 0 Å². The molecule has 0 aliphatic rings. The van der Waals surface area contributed by atoms with Gasteiger partial charge < -0.3 is 20.5 Å². The lowest BCUT2D eigenvalue weighted by Gasteiger charge is -2.06. The van der Waals surface area contributed by atoms with Crippen molar-refractivity contribution in [3.63, 3.8) is 0 Å². The molecule has 6 heteroatoms. The lowest BCUT2D eigenvalue weighted by atomic mass is 10.4. The first-order valence-corrected chi connectivity index (χ1v) is 5.24. The summed E-state index contributed by atoms with van der Waals surface area (Å²) in [6, 6.07) is 1.75. The van der Waals surface area contributed by atoms with Gasteiger partial charge in [0.15, 0.2) is 0 Å². The van der Waals surface area contributed by atoms with Crippen molar-refractivity contribution in [1.82, 2.24) is 9.97 Å². The zero-order valence-electron chi connectivity index (χ0n) is 9.48. The van der Waals surface area contributed by atoms with E-state index in [1.165, 1.54) is 6.33 Å². The summed E-state index contributed by atoms with van der Waals surface area (Å²) < 4.78 is 10.2. The zero-order valence-corrected chi connectivity index (χ0v) is 9.48. The van der Waals surface area contributed by atoms with E-state index in [2.05, 4.69) is 15.3 Å². The fourth-order valence-electron chi connectivity index (χ4n) is 1.12. The number of methoxy groups -OCH3 is 1. The van der Waals surface area contributed by atoms with Crippen LogP contribution in [-0.2, 0) is 4.74 Å². The van der Waals surface area contributed by atoms with Crippen LogP contribution in [0.15, 0.2) is 12.4 Å². The molecule has 6 nitrogen and oxygen atoms in total. The van der Waals surface area contributed by atoms with E-state index >= 15 is 0 Å². The summed E-state index contributed by atoms with van der Waals surface area (Å²) in [7, 11) is 1.58. The first kappa shape index (κ1) is 12.7. The molecule has 0 saturated heterocycles. The third-order valence-corrected chi connectivity index (χ3v) is 1.88. The lowest BCUT2D eigenvalue weighted by Crippen LogP contribution is -2.11. The number of aromatic nitrogens is 2. The molecule has 1 rings (SSSR count). The minimum atomic E-state index is 0.553. The lowest BCUT2D eigenvalue weighted by molar-refractivity contribution is 0.141. The van der Waals surface area contributed by atoms with Crippen molar-refractivity contribution in [2.24, 2.45) is 5.73 Å². The molecule has 0 aliphatic heterocycles. The number of hydrogen-bond acceptors (Lipinski definition) is 6. The van der Waals surface area contributed by atoms with Gasteiger partial charge in [-0.15, -0.1) is 0 Å². The van der Waals surface area contributed by atoms with Crippen molar-refractivity contribution < 1.29 is 9.47 Å². The predicted octanol–water partition coefficient (Wildman–Crippen LogP) is 0.262. The molecular weight excluding hydrogens is 208 g/mol. The molecule has 16 heavy (non-hydrogen) atoms. The van der Waals surface area contributed by atoms with Crippen molar-refractivity contribution in [3.05, 3.63) is 12.4 Å². The zero-order chi connectivity index (χ0) is 11.6. The molecule has 0 spiro atoms. The van der Waals surface area contributed by atoms with Gasteiger partial charge in [-0.05, 0) is 6.42 Å². The Kier molecular flexibility index (Phi) is 6.20. The van der Waals surface area contributed by atoms with Gasteiger partial charge in [-0.3, -0.25) is 0 Å². The van der Waals surface area contributed by atoms with Crippen LogP contribution < -0.4 is 15.8 Å². The number of nitrogens with two attached hydrogens (primary N) is 1. The minimum absolute atomic E-state index is 0.553. The molecule has 0 atom stereocenters. The van der Waals surface area contributed by atoms with Gasteiger partial charge in [-0.1, -0.05) is 0 Å². The minimum Gasteiger partial charge on any atom is -0.481 e. The summed E-state index contributed by atoms with van der Waals surface area (Å²) in [6.07, 6.45) is 2.37. The van der Waals surface area contributed by atoms with Crippen LogP contribution >= 0.6 is 0 Å². The summed E-state index contributed by atoms with van der Waals surface area (Å²) in [5.41, 5.74) is 5.29. The van der Waals surface area contributed by atoms with Crippen molar-refractivity contribution in [3.8, 4) is 5.88 Å². The molecule has 1 aromatic rings. The molecule has 1 aromatic heterocycles. The van der Waals surface area contributed by atoms with Crippen LogP contribution in [0.25, 0.3) is 0 Å². The van der Waals surface area contributed by atoms with Gasteiger partial charge in [0.25, 0.3) is 0 Å². The molecule has 0 aliphatic carbocycles. The van der Waals surface area contributed by atoms with Gasteiger partial charge in [-0.2, -0.15) is 0 Å². The third-order valence-electron chi connectivity index (χ3n) is 1.88. The van der Waals surface area contributed by atoms with E-state index in [4.69, 9.17) is 15.2 Å². The van der Waals surface area contributed by atoms with Crippen LogP contribution in [0.5, 0.6) is 5.88 Å². The third kappa shape index (κ3) is 4.90. The Morgan fingerprint density at radius 1 is 1.38 bits per heavy atom. The Labute approximate surface area is 95.2 Å². The normalized spacial score (nSPS) is 10.1. The van der Waals surface area contributed by atoms with Crippen LogP contribution in [0.4, 0.5) is 5.82 Å². The first-order chi connectivity index (χ1) is 7.86. The number of nitrogens with zero attached hydrogens (tertiary/aromatic N) is 2. The summed E-state index contributed by atoms with van der Waals surface area (Å²) in [6.45, 7) is 2.68. The molecule has 0 bridgehead atoms. The Morgan fingerprint density at radius 3 is 3.00 bits per heavy atom. The monoisotopic (exact) mass is 226 g/mol. The standard InChI is InChI=1S/C10H18N4O2/c1-15-10-7-9(13-8-14-10)12-4-2-5-16-6-3-11/h7-8H,2-6,11H2,1H3,(H,12,13,14). The Bertz CT molecular complexity index is 296. The Morgan fingerprint density at radius 2 is 2.25 bits per heavy atom. The molecule has 0 unspecified atom stereocenters. The van der Waals surface area contributed by atoms with Gasteiger partial charge in [-0.25, -0.2) is 9.97 Å². The van der Waals surface area contributed by atoms with Crippen LogP contribution in [0.2, 0.25) is 0 Å². The molecule has 0 radical (unpaired) electrons. The average Bonchev–Trinajstić information content (AvgIpc) is 2.34. The van der Waals surface area contributed by atoms with Crippen molar-refractivity contribution in [2.75, 3.05) is 38.7 Å². The second-order valence-electron chi connectivity index (χ2n) is 3.13. The van der Waals surface area contributed by atoms with Crippen LogP contribution in [0.3, 0.4) is 0 Å². The van der Waals surface area contributed by atoms with E-state index < -0.39 is 0 Å². The highest BCUT2D eigenvalue weighted by molar-refractivity contribution is 5.36. The van der Waals surface area contributed by atoms with Crippen LogP contribution in [0, 0.1) is 0 Å². The molecule has 3 N–H and O–H groups in total. The van der Waals surface area contributed by atoms with Crippen molar-refractivity contribution >= 4 is 5.82 Å². The SMILES string of the molecule is COc1cc(NCCCOCCN)ncn1. The number of nitrogens with one attached hydrogen (secondary N) is 1. The number of rotatable bonds is 8. The molecule has 0 aromatic carbocycles. The van der Waals surface area contributed by atoms with E-state index in [9.17, 15) is 0 Å². The van der Waals surface area contributed by atoms with Crippen LogP contribution in [0.1, 0.15) is 6.42 Å². The summed E-state index contributed by atoms with van der Waals surface area (Å²) in [5.74, 6) is 1.31. The van der Waals surface area contributed by atoms with Crippen molar-refractivity contribution in [2.45, 2.75) is 6.42 Å². The van der Waals surface area contributed by atoms with Crippen LogP contribution in [-0.4, -0.2) is 43.4 Å². The first-order valence-electron chi connectivity index (χ1n) is 5.24. The Balaban J connectivity index is 2.16. The molecule has 0 saturated carbocycles.